The third kappa shape index (κ3) is 27.8. The number of imide groups is 2. The predicted octanol–water partition coefficient (Wildman–Crippen LogP) is 3.39. The number of hydrogen-bond acceptors (Lipinski definition) is 18. The van der Waals surface area contributed by atoms with Gasteiger partial charge in [-0.15, -0.1) is 10.1 Å². The number of carbonyl (C=O) groups excluding carboxylic acids is 12. The first kappa shape index (κ1) is 61.6. The van der Waals surface area contributed by atoms with Crippen LogP contribution in [0.2, 0.25) is 0 Å². The largest absolute Gasteiger partial charge is 0.446 e. The molecule has 2 aliphatic heterocycles. The number of ketones is 2. The van der Waals surface area contributed by atoms with Crippen LogP contribution >= 0.6 is 0 Å². The summed E-state index contributed by atoms with van der Waals surface area (Å²) >= 11 is 0. The maximum Gasteiger partial charge on any atom is 0.333 e. The highest BCUT2D eigenvalue weighted by atomic mass is 16.7. The van der Waals surface area contributed by atoms with E-state index < -0.39 is 53.7 Å². The second kappa shape index (κ2) is 37.1. The van der Waals surface area contributed by atoms with Crippen LogP contribution in [0.4, 0.5) is 0 Å². The second-order valence-corrected chi connectivity index (χ2v) is 18.2. The van der Waals surface area contributed by atoms with Crippen LogP contribution < -0.4 is 16.0 Å². The van der Waals surface area contributed by atoms with Crippen molar-refractivity contribution in [1.82, 2.24) is 26.1 Å². The molecule has 1 atom stereocenters. The number of hydroxylamine groups is 4. The predicted molar refractivity (Wildman–Crippen MR) is 255 cm³/mol. The molecule has 2 saturated heterocycles. The summed E-state index contributed by atoms with van der Waals surface area (Å²) in [6, 6.07) is 0. The van der Waals surface area contributed by atoms with Crippen molar-refractivity contribution >= 4 is 70.8 Å². The van der Waals surface area contributed by atoms with Crippen LogP contribution in [0, 0.1) is 0 Å². The number of carbonyl (C=O) groups is 12. The van der Waals surface area contributed by atoms with E-state index in [-0.39, 0.29) is 139 Å². The Morgan fingerprint density at radius 3 is 1.23 bits per heavy atom. The Labute approximate surface area is 426 Å². The van der Waals surface area contributed by atoms with Gasteiger partial charge in [0.15, 0.2) is 11.6 Å². The molecule has 23 nitrogen and oxygen atoms in total. The van der Waals surface area contributed by atoms with Crippen molar-refractivity contribution in [2.24, 2.45) is 0 Å². The zero-order chi connectivity index (χ0) is 53.1. The summed E-state index contributed by atoms with van der Waals surface area (Å²) in [5.41, 5.74) is 0. The van der Waals surface area contributed by atoms with Crippen molar-refractivity contribution in [1.29, 1.82) is 0 Å². The minimum absolute atomic E-state index is 0.0465. The van der Waals surface area contributed by atoms with E-state index in [2.05, 4.69) is 16.0 Å². The van der Waals surface area contributed by atoms with Crippen LogP contribution in [0.5, 0.6) is 0 Å². The summed E-state index contributed by atoms with van der Waals surface area (Å²) in [6.45, 7) is 2.31. The number of amides is 7. The number of rotatable bonds is 42. The van der Waals surface area contributed by atoms with E-state index in [1.54, 1.807) is 0 Å². The molecule has 7 amide bonds. The lowest BCUT2D eigenvalue weighted by Crippen LogP contribution is -2.31. The molecule has 1 aliphatic carbocycles. The molecule has 0 aromatic carbocycles. The summed E-state index contributed by atoms with van der Waals surface area (Å²) < 4.78 is 22.5. The average molecular weight is 1040 g/mol. The minimum atomic E-state index is -1.24. The summed E-state index contributed by atoms with van der Waals surface area (Å²) in [5, 5.41) is 9.71. The molecule has 0 bridgehead atoms. The topological polar surface area (TPSA) is 303 Å². The molecule has 73 heavy (non-hydrogen) atoms. The molecule has 0 aromatic rings. The SMILES string of the molecule is O=C(CCOCCC(COCCC(=O)NCCCCCCCC(=O)ON1C(=O)CCC1=O)OCCC(=O)NCCCCCCCC(=O)OC1C(=O)CCC1=O)NCCCCCCCC(=O)ON1C(=O)CCC1=O. The maximum absolute atomic E-state index is 12.5. The average Bonchev–Trinajstić information content (AvgIpc) is 3.97. The molecule has 23 heteroatoms. The van der Waals surface area contributed by atoms with E-state index in [0.717, 1.165) is 77.0 Å². The Kier molecular flexibility index (Phi) is 31.3. The van der Waals surface area contributed by atoms with Gasteiger partial charge in [0, 0.05) is 103 Å². The van der Waals surface area contributed by atoms with Crippen molar-refractivity contribution in [2.45, 2.75) is 192 Å². The minimum Gasteiger partial charge on any atom is -0.446 e. The highest BCUT2D eigenvalue weighted by molar-refractivity contribution is 6.12. The number of nitrogens with one attached hydrogen (secondary N) is 3. The van der Waals surface area contributed by atoms with Gasteiger partial charge < -0.3 is 44.6 Å². The standard InChI is InChI=1S/C50H77N5O18/c56-38-19-20-39(57)50(38)71-47(65)16-10-4-1-7-15-31-53-42(60)28-35-70-37(36-69-34-27-41(59)52-30-14-9-3-6-12-18-49(67)73-55-45(63)23-24-46(55)64)25-32-68-33-26-40(58)51-29-13-8-2-5-11-17-48(66)72-54-43(61)21-22-44(54)62/h37,50H,1-36H2,(H,51,58)(H,52,59)(H,53,60). The van der Waals surface area contributed by atoms with Gasteiger partial charge in [0.25, 0.3) is 23.6 Å². The van der Waals surface area contributed by atoms with Crippen molar-refractivity contribution in [3.05, 3.63) is 0 Å². The fourth-order valence-corrected chi connectivity index (χ4v) is 7.74. The fourth-order valence-electron chi connectivity index (χ4n) is 7.74. The quantitative estimate of drug-likeness (QED) is 0.0342. The highest BCUT2D eigenvalue weighted by Crippen LogP contribution is 2.18. The fraction of sp³-hybridized carbons (Fsp3) is 0.760. The van der Waals surface area contributed by atoms with Crippen molar-refractivity contribution < 1.29 is 86.2 Å². The Balaban J connectivity index is 1.23. The van der Waals surface area contributed by atoms with Crippen LogP contribution in [0.15, 0.2) is 0 Å². The summed E-state index contributed by atoms with van der Waals surface area (Å²) in [5.74, 6) is -5.01. The number of hydrogen-bond donors (Lipinski definition) is 3. The highest BCUT2D eigenvalue weighted by Gasteiger charge is 2.36. The summed E-state index contributed by atoms with van der Waals surface area (Å²) in [7, 11) is 0. The number of nitrogens with zero attached hydrogens (tertiary/aromatic N) is 2. The molecule has 0 radical (unpaired) electrons. The van der Waals surface area contributed by atoms with Gasteiger partial charge in [0.1, 0.15) is 0 Å². The Bertz CT molecular complexity index is 1800. The monoisotopic (exact) mass is 1040 g/mol. The van der Waals surface area contributed by atoms with Crippen molar-refractivity contribution in [3.8, 4) is 0 Å². The van der Waals surface area contributed by atoms with Gasteiger partial charge in [-0.05, 0) is 44.9 Å². The molecule has 0 aromatic heterocycles. The Morgan fingerprint density at radius 2 is 0.795 bits per heavy atom. The van der Waals surface area contributed by atoms with Crippen LogP contribution in [-0.4, -0.2) is 146 Å². The first-order chi connectivity index (χ1) is 35.2. The van der Waals surface area contributed by atoms with E-state index in [4.69, 9.17) is 28.6 Å². The lowest BCUT2D eigenvalue weighted by Gasteiger charge is -2.18. The van der Waals surface area contributed by atoms with E-state index >= 15 is 0 Å². The summed E-state index contributed by atoms with van der Waals surface area (Å²) in [6.07, 6.45) is 11.1. The van der Waals surface area contributed by atoms with Gasteiger partial charge in [0.2, 0.25) is 23.8 Å². The van der Waals surface area contributed by atoms with E-state index in [9.17, 15) is 57.5 Å². The van der Waals surface area contributed by atoms with E-state index in [1.165, 1.54) is 0 Å². The molecular formula is C50H77N5O18. The number of ether oxygens (including phenoxy) is 4. The molecule has 1 saturated carbocycles. The van der Waals surface area contributed by atoms with Gasteiger partial charge in [-0.3, -0.25) is 47.9 Å². The van der Waals surface area contributed by atoms with E-state index in [1.807, 2.05) is 0 Å². The zero-order valence-corrected chi connectivity index (χ0v) is 42.4. The van der Waals surface area contributed by atoms with Crippen LogP contribution in [0.1, 0.15) is 180 Å². The smallest absolute Gasteiger partial charge is 0.333 e. The third-order valence-corrected chi connectivity index (χ3v) is 12.0. The molecule has 1 unspecified atom stereocenters. The molecule has 410 valence electrons. The lowest BCUT2D eigenvalue weighted by molar-refractivity contribution is -0.197. The van der Waals surface area contributed by atoms with E-state index in [0.29, 0.717) is 55.4 Å². The lowest BCUT2D eigenvalue weighted by atomic mass is 10.1. The number of esters is 1. The van der Waals surface area contributed by atoms with Crippen LogP contribution in [-0.2, 0) is 86.2 Å². The first-order valence-electron chi connectivity index (χ1n) is 26.2. The van der Waals surface area contributed by atoms with Gasteiger partial charge >= 0.3 is 17.9 Å². The van der Waals surface area contributed by atoms with Crippen molar-refractivity contribution in [2.75, 3.05) is 52.7 Å². The number of Topliss-reactive ketones (excluding diaryl/α,β-unsaturated/α-hetero) is 2. The third-order valence-electron chi connectivity index (χ3n) is 12.0. The Hall–Kier alpha value is -5.68. The molecule has 3 rings (SSSR count). The van der Waals surface area contributed by atoms with Crippen LogP contribution in [0.25, 0.3) is 0 Å². The number of unbranched alkanes of at least 4 members (excludes halogenated alkanes) is 12. The first-order valence-corrected chi connectivity index (χ1v) is 26.2. The molecule has 3 fully saturated rings. The van der Waals surface area contributed by atoms with Gasteiger partial charge in [-0.2, -0.15) is 0 Å². The van der Waals surface area contributed by atoms with Crippen molar-refractivity contribution in [3.63, 3.8) is 0 Å². The molecule has 3 aliphatic rings. The van der Waals surface area contributed by atoms with Crippen LogP contribution in [0.3, 0.4) is 0 Å². The normalized spacial score (nSPS) is 15.3. The maximum atomic E-state index is 12.5. The summed E-state index contributed by atoms with van der Waals surface area (Å²) in [4.78, 5) is 153. The second-order valence-electron chi connectivity index (χ2n) is 18.2. The van der Waals surface area contributed by atoms with Gasteiger partial charge in [-0.25, -0.2) is 9.59 Å². The van der Waals surface area contributed by atoms with Gasteiger partial charge in [-0.1, -0.05) is 57.8 Å². The molecular weight excluding hydrogens is 959 g/mol. The molecule has 2 heterocycles. The zero-order valence-electron chi connectivity index (χ0n) is 42.4. The molecule has 0 spiro atoms. The Morgan fingerprint density at radius 1 is 0.425 bits per heavy atom. The molecule has 3 N–H and O–H groups in total. The van der Waals surface area contributed by atoms with Gasteiger partial charge in [0.05, 0.1) is 32.5 Å².